The fourth-order valence-corrected chi connectivity index (χ4v) is 4.19. The minimum Gasteiger partial charge on any atom is -0.381 e. The van der Waals surface area contributed by atoms with Gasteiger partial charge in [-0.3, -0.25) is 0 Å². The van der Waals surface area contributed by atoms with Crippen LogP contribution in [-0.4, -0.2) is 26.3 Å². The first-order valence-corrected chi connectivity index (χ1v) is 8.63. The highest BCUT2D eigenvalue weighted by Gasteiger charge is 2.31. The molecule has 2 aliphatic rings. The molecule has 5 nitrogen and oxygen atoms in total. The highest BCUT2D eigenvalue weighted by molar-refractivity contribution is 5.79. The second-order valence-electron chi connectivity index (χ2n) is 6.81. The van der Waals surface area contributed by atoms with Crippen molar-refractivity contribution in [3.05, 3.63) is 47.5 Å². The highest BCUT2D eigenvalue weighted by atomic mass is 19.1. The Labute approximate surface area is 143 Å². The average Bonchev–Trinajstić information content (AvgIpc) is 3.33. The number of hydrogen-bond acceptors (Lipinski definition) is 4. The zero-order valence-electron chi connectivity index (χ0n) is 13.5. The highest BCUT2D eigenvalue weighted by Crippen LogP contribution is 2.40. The number of benzene rings is 1. The molecule has 0 saturated heterocycles. The summed E-state index contributed by atoms with van der Waals surface area (Å²) in [4.78, 5) is 8.87. The molecule has 1 aromatic carbocycles. The first kappa shape index (κ1) is 14.7. The van der Waals surface area contributed by atoms with Gasteiger partial charge in [-0.15, -0.1) is 0 Å². The van der Waals surface area contributed by atoms with E-state index in [2.05, 4.69) is 20.4 Å². The molecule has 5 rings (SSSR count). The van der Waals surface area contributed by atoms with Gasteiger partial charge < -0.3 is 5.32 Å². The summed E-state index contributed by atoms with van der Waals surface area (Å²) in [6.45, 7) is 0.483. The third kappa shape index (κ3) is 2.22. The largest absolute Gasteiger partial charge is 0.381 e. The predicted molar refractivity (Wildman–Crippen MR) is 89.5 cm³/mol. The second kappa shape index (κ2) is 5.47. The van der Waals surface area contributed by atoms with Crippen LogP contribution in [0.25, 0.3) is 11.0 Å². The van der Waals surface area contributed by atoms with E-state index in [9.17, 15) is 8.78 Å². The van der Waals surface area contributed by atoms with Gasteiger partial charge in [-0.25, -0.2) is 23.4 Å². The van der Waals surface area contributed by atoms with Crippen molar-refractivity contribution < 1.29 is 8.78 Å². The third-order valence-corrected chi connectivity index (χ3v) is 5.37. The van der Waals surface area contributed by atoms with Crippen molar-refractivity contribution in [2.45, 2.75) is 37.6 Å². The number of nitrogens with one attached hydrogen (secondary N) is 1. The van der Waals surface area contributed by atoms with Crippen LogP contribution < -0.4 is 5.32 Å². The fraction of sp³-hybridized carbons (Fsp3) is 0.389. The fourth-order valence-electron chi connectivity index (χ4n) is 4.19. The smallest absolute Gasteiger partial charge is 0.161 e. The molecule has 1 aliphatic carbocycles. The summed E-state index contributed by atoms with van der Waals surface area (Å²) in [5.41, 5.74) is 2.54. The summed E-state index contributed by atoms with van der Waals surface area (Å²) >= 11 is 0. The molecule has 1 aliphatic heterocycles. The molecule has 1 unspecified atom stereocenters. The second-order valence-corrected chi connectivity index (χ2v) is 6.81. The molecule has 1 atom stereocenters. The maximum absolute atomic E-state index is 14.0. The van der Waals surface area contributed by atoms with Crippen molar-refractivity contribution in [1.82, 2.24) is 19.7 Å². The number of rotatable bonds is 2. The van der Waals surface area contributed by atoms with E-state index in [0.29, 0.717) is 23.8 Å². The van der Waals surface area contributed by atoms with Crippen LogP contribution in [0.15, 0.2) is 24.7 Å². The van der Waals surface area contributed by atoms with Crippen molar-refractivity contribution in [1.29, 1.82) is 0 Å². The minimum atomic E-state index is -0.572. The molecule has 3 aromatic rings. The maximum atomic E-state index is 14.0. The summed E-state index contributed by atoms with van der Waals surface area (Å²) in [5.74, 6) is -1.35. The number of hydrogen-bond donors (Lipinski definition) is 1. The number of nitrogens with zero attached hydrogens (tertiary/aromatic N) is 4. The van der Waals surface area contributed by atoms with E-state index < -0.39 is 11.6 Å². The zero-order chi connectivity index (χ0) is 17.0. The van der Waals surface area contributed by atoms with Crippen LogP contribution in [0, 0.1) is 11.6 Å². The van der Waals surface area contributed by atoms with Gasteiger partial charge in [0.15, 0.2) is 5.65 Å². The summed E-state index contributed by atoms with van der Waals surface area (Å²) in [7, 11) is 0. The van der Waals surface area contributed by atoms with Crippen LogP contribution >= 0.6 is 0 Å². The molecule has 0 spiro atoms. The molecular formula is C18H17F2N5. The number of fused-ring (bicyclic) bond motifs is 2. The summed E-state index contributed by atoms with van der Waals surface area (Å²) in [5, 5.41) is 8.45. The van der Waals surface area contributed by atoms with Crippen molar-refractivity contribution in [3.8, 4) is 0 Å². The molecule has 0 amide bonds. The monoisotopic (exact) mass is 341 g/mol. The zero-order valence-corrected chi connectivity index (χ0v) is 13.5. The lowest BCUT2D eigenvalue weighted by Gasteiger charge is -2.13. The summed E-state index contributed by atoms with van der Waals surface area (Å²) < 4.78 is 29.7. The molecule has 0 bridgehead atoms. The van der Waals surface area contributed by atoms with Gasteiger partial charge in [-0.1, -0.05) is 12.8 Å². The molecule has 1 N–H and O–H groups in total. The predicted octanol–water partition coefficient (Wildman–Crippen LogP) is 3.78. The van der Waals surface area contributed by atoms with Crippen LogP contribution in [-0.2, 0) is 0 Å². The Morgan fingerprint density at radius 1 is 1.12 bits per heavy atom. The number of anilines is 1. The van der Waals surface area contributed by atoms with Gasteiger partial charge in [0.2, 0.25) is 0 Å². The SMILES string of the molecule is Fc1cc(F)c2c(c1)C(c1ncnc3c1cnn3C1CCCC1)CN2. The van der Waals surface area contributed by atoms with Gasteiger partial charge in [0.1, 0.15) is 18.0 Å². The van der Waals surface area contributed by atoms with E-state index in [0.717, 1.165) is 35.6 Å². The van der Waals surface area contributed by atoms with Gasteiger partial charge in [0.05, 0.1) is 29.0 Å². The molecule has 1 fully saturated rings. The third-order valence-electron chi connectivity index (χ3n) is 5.37. The van der Waals surface area contributed by atoms with Crippen molar-refractivity contribution in [2.24, 2.45) is 0 Å². The Morgan fingerprint density at radius 2 is 1.96 bits per heavy atom. The summed E-state index contributed by atoms with van der Waals surface area (Å²) in [6.07, 6.45) is 7.96. The van der Waals surface area contributed by atoms with Crippen LogP contribution in [0.4, 0.5) is 14.5 Å². The van der Waals surface area contributed by atoms with Crippen LogP contribution in [0.3, 0.4) is 0 Å². The van der Waals surface area contributed by atoms with E-state index in [1.807, 2.05) is 4.68 Å². The molecule has 2 aromatic heterocycles. The quantitative estimate of drug-likeness (QED) is 0.771. The van der Waals surface area contributed by atoms with E-state index >= 15 is 0 Å². The van der Waals surface area contributed by atoms with Crippen molar-refractivity contribution >= 4 is 16.7 Å². The first-order chi connectivity index (χ1) is 12.2. The lowest BCUT2D eigenvalue weighted by molar-refractivity contribution is 0.478. The van der Waals surface area contributed by atoms with E-state index in [1.54, 1.807) is 6.20 Å². The average molecular weight is 341 g/mol. The van der Waals surface area contributed by atoms with Crippen molar-refractivity contribution in [3.63, 3.8) is 0 Å². The number of aromatic nitrogens is 4. The lowest BCUT2D eigenvalue weighted by Crippen LogP contribution is -2.09. The van der Waals surface area contributed by atoms with Gasteiger partial charge >= 0.3 is 0 Å². The summed E-state index contributed by atoms with van der Waals surface area (Å²) in [6, 6.07) is 2.67. The number of halogens is 2. The lowest BCUT2D eigenvalue weighted by atomic mass is 9.95. The van der Waals surface area contributed by atoms with Gasteiger partial charge in [0.25, 0.3) is 0 Å². The topological polar surface area (TPSA) is 55.6 Å². The van der Waals surface area contributed by atoms with Crippen molar-refractivity contribution in [2.75, 3.05) is 11.9 Å². The first-order valence-electron chi connectivity index (χ1n) is 8.63. The van der Waals surface area contributed by atoms with Crippen LogP contribution in [0.2, 0.25) is 0 Å². The van der Waals surface area contributed by atoms with E-state index in [4.69, 9.17) is 0 Å². The van der Waals surface area contributed by atoms with Crippen LogP contribution in [0.1, 0.15) is 48.9 Å². The Balaban J connectivity index is 1.64. The molecule has 25 heavy (non-hydrogen) atoms. The van der Waals surface area contributed by atoms with Crippen LogP contribution in [0.5, 0.6) is 0 Å². The minimum absolute atomic E-state index is 0.216. The Bertz CT molecular complexity index is 961. The van der Waals surface area contributed by atoms with Gasteiger partial charge in [0, 0.05) is 18.5 Å². The Morgan fingerprint density at radius 3 is 2.80 bits per heavy atom. The standard InChI is InChI=1S/C18H17F2N5/c19-10-5-12-13(7-21-17(12)15(20)6-10)16-14-8-24-25(11-3-1-2-4-11)18(14)23-9-22-16/h5-6,8-9,11,13,21H,1-4,7H2. The van der Waals surface area contributed by atoms with E-state index in [1.165, 1.54) is 25.2 Å². The Hall–Kier alpha value is -2.57. The Kier molecular flexibility index (Phi) is 3.23. The molecule has 3 heterocycles. The van der Waals surface area contributed by atoms with Gasteiger partial charge in [-0.2, -0.15) is 5.10 Å². The molecule has 128 valence electrons. The molecule has 0 radical (unpaired) electrons. The molecular weight excluding hydrogens is 324 g/mol. The maximum Gasteiger partial charge on any atom is 0.161 e. The van der Waals surface area contributed by atoms with E-state index in [-0.39, 0.29) is 5.92 Å². The van der Waals surface area contributed by atoms with Gasteiger partial charge in [-0.05, 0) is 24.5 Å². The molecule has 1 saturated carbocycles. The molecule has 7 heteroatoms. The normalized spacial score (nSPS) is 20.2.